The number of rotatable bonds is 5. The Hall–Kier alpha value is -3.96. The molecule has 4 aromatic rings. The van der Waals surface area contributed by atoms with E-state index in [0.29, 0.717) is 52.8 Å². The molecule has 0 saturated carbocycles. The van der Waals surface area contributed by atoms with Gasteiger partial charge in [0.1, 0.15) is 23.4 Å². The molecule has 1 saturated heterocycles. The lowest BCUT2D eigenvalue weighted by molar-refractivity contribution is -0.137. The van der Waals surface area contributed by atoms with Gasteiger partial charge in [0, 0.05) is 43.2 Å². The third-order valence-electron chi connectivity index (χ3n) is 6.61. The zero-order valence-corrected chi connectivity index (χ0v) is 20.9. The zero-order chi connectivity index (χ0) is 26.5. The summed E-state index contributed by atoms with van der Waals surface area (Å²) in [5.74, 6) is 1.23. The highest BCUT2D eigenvalue weighted by Crippen LogP contribution is 2.38. The van der Waals surface area contributed by atoms with Crippen molar-refractivity contribution < 1.29 is 18.0 Å². The Kier molecular flexibility index (Phi) is 6.12. The fourth-order valence-corrected chi connectivity index (χ4v) is 4.69. The third-order valence-corrected chi connectivity index (χ3v) is 6.61. The molecule has 1 aromatic carbocycles. The Morgan fingerprint density at radius 2 is 1.89 bits per heavy atom. The average molecular weight is 513 g/mol. The number of alkyl halides is 3. The Bertz CT molecular complexity index is 1460. The highest BCUT2D eigenvalue weighted by atomic mass is 19.4. The second-order valence-electron chi connectivity index (χ2n) is 9.55. The second kappa shape index (κ2) is 9.16. The summed E-state index contributed by atoms with van der Waals surface area (Å²) in [6.45, 7) is 6.84. The van der Waals surface area contributed by atoms with Crippen LogP contribution < -0.4 is 10.2 Å². The van der Waals surface area contributed by atoms with Crippen LogP contribution in [0.25, 0.3) is 28.0 Å². The summed E-state index contributed by atoms with van der Waals surface area (Å²) in [6.07, 6.45) is -0.512. The van der Waals surface area contributed by atoms with Gasteiger partial charge >= 0.3 is 6.18 Å². The van der Waals surface area contributed by atoms with Crippen molar-refractivity contribution in [1.82, 2.24) is 34.7 Å². The Morgan fingerprint density at radius 3 is 2.57 bits per heavy atom. The van der Waals surface area contributed by atoms with Crippen LogP contribution in [0, 0.1) is 12.8 Å². The van der Waals surface area contributed by atoms with Gasteiger partial charge in [0.2, 0.25) is 5.91 Å². The first kappa shape index (κ1) is 24.7. The van der Waals surface area contributed by atoms with Crippen LogP contribution in [0.4, 0.5) is 19.0 Å². The predicted octanol–water partition coefficient (Wildman–Crippen LogP) is 3.87. The molecule has 4 heterocycles. The van der Waals surface area contributed by atoms with Crippen LogP contribution in [0.2, 0.25) is 0 Å². The van der Waals surface area contributed by atoms with Crippen molar-refractivity contribution in [3.05, 3.63) is 48.2 Å². The molecule has 1 aliphatic heterocycles. The Morgan fingerprint density at radius 1 is 1.16 bits per heavy atom. The molecule has 5 rings (SSSR count). The number of carbonyl (C=O) groups is 1. The summed E-state index contributed by atoms with van der Waals surface area (Å²) in [5.41, 5.74) is 2.42. The molecule has 9 nitrogen and oxygen atoms in total. The van der Waals surface area contributed by atoms with Gasteiger partial charge in [-0.05, 0) is 25.5 Å². The van der Waals surface area contributed by atoms with Crippen LogP contribution in [-0.4, -0.2) is 54.4 Å². The van der Waals surface area contributed by atoms with E-state index in [4.69, 9.17) is 4.98 Å². The molecular weight excluding hydrogens is 485 g/mol. The first-order chi connectivity index (χ1) is 17.5. The molecule has 1 atom stereocenters. The van der Waals surface area contributed by atoms with E-state index in [0.717, 1.165) is 18.6 Å². The summed E-state index contributed by atoms with van der Waals surface area (Å²) in [4.78, 5) is 23.6. The normalized spacial score (nSPS) is 16.2. The van der Waals surface area contributed by atoms with Crippen LogP contribution in [0.1, 0.15) is 31.7 Å². The molecule has 0 aliphatic carbocycles. The van der Waals surface area contributed by atoms with Crippen molar-refractivity contribution >= 4 is 17.2 Å². The van der Waals surface area contributed by atoms with E-state index in [1.165, 1.54) is 18.5 Å². The minimum Gasteiger partial charge on any atom is -0.353 e. The van der Waals surface area contributed by atoms with Gasteiger partial charge in [0.15, 0.2) is 5.82 Å². The highest BCUT2D eigenvalue weighted by Gasteiger charge is 2.32. The molecule has 1 fully saturated rings. The smallest absolute Gasteiger partial charge is 0.353 e. The number of imidazole rings is 1. The number of hydrogen-bond donors (Lipinski definition) is 1. The lowest BCUT2D eigenvalue weighted by atomic mass is 10.0. The van der Waals surface area contributed by atoms with Crippen LogP contribution in [0.15, 0.2) is 36.8 Å². The minimum atomic E-state index is -4.42. The standard InChI is InChI=1S/C25H27F3N8O/c1-14(2)24(37)33-18-9-10-35(12-18)23-22-20(32-15(3)36(22)31-13-29-23)19-11-30-34(4)21(19)16-5-7-17(8-6-16)25(26,27)28/h5-8,11,13-14,18H,9-10,12H2,1-4H3,(H,33,37)/t18-/m0/s1. The number of nitrogens with one attached hydrogen (secondary N) is 1. The first-order valence-electron chi connectivity index (χ1n) is 12.0. The van der Waals surface area contributed by atoms with Crippen LogP contribution >= 0.6 is 0 Å². The fraction of sp³-hybridized carbons (Fsp3) is 0.400. The average Bonchev–Trinajstić information content (AvgIpc) is 3.56. The van der Waals surface area contributed by atoms with E-state index in [2.05, 4.69) is 25.4 Å². The highest BCUT2D eigenvalue weighted by molar-refractivity contribution is 5.92. The minimum absolute atomic E-state index is 0.00140. The number of nitrogens with zero attached hydrogens (tertiary/aromatic N) is 7. The molecular formula is C25H27F3N8O. The Balaban J connectivity index is 1.56. The van der Waals surface area contributed by atoms with Gasteiger partial charge < -0.3 is 10.2 Å². The second-order valence-corrected chi connectivity index (χ2v) is 9.55. The maximum absolute atomic E-state index is 13.1. The van der Waals surface area contributed by atoms with Gasteiger partial charge in [-0.15, -0.1) is 0 Å². The topological polar surface area (TPSA) is 93.2 Å². The van der Waals surface area contributed by atoms with Gasteiger partial charge in [-0.1, -0.05) is 26.0 Å². The van der Waals surface area contributed by atoms with E-state index in [1.54, 1.807) is 22.4 Å². The van der Waals surface area contributed by atoms with Crippen LogP contribution in [0.5, 0.6) is 0 Å². The van der Waals surface area contributed by atoms with Gasteiger partial charge in [-0.3, -0.25) is 9.48 Å². The number of aryl methyl sites for hydroxylation is 2. The van der Waals surface area contributed by atoms with Gasteiger partial charge in [0.25, 0.3) is 0 Å². The molecule has 0 bridgehead atoms. The number of anilines is 1. The summed E-state index contributed by atoms with van der Waals surface area (Å²) in [7, 11) is 1.74. The Labute approximate surface area is 211 Å². The van der Waals surface area contributed by atoms with Crippen molar-refractivity contribution in [3.63, 3.8) is 0 Å². The largest absolute Gasteiger partial charge is 0.416 e. The summed E-state index contributed by atoms with van der Waals surface area (Å²) in [5, 5.41) is 11.9. The number of amides is 1. The molecule has 37 heavy (non-hydrogen) atoms. The summed E-state index contributed by atoms with van der Waals surface area (Å²) >= 11 is 0. The molecule has 12 heteroatoms. The number of aromatic nitrogens is 6. The van der Waals surface area contributed by atoms with Gasteiger partial charge in [-0.25, -0.2) is 14.5 Å². The van der Waals surface area contributed by atoms with E-state index >= 15 is 0 Å². The van der Waals surface area contributed by atoms with Crippen molar-refractivity contribution in [2.45, 2.75) is 39.4 Å². The molecule has 0 radical (unpaired) electrons. The summed E-state index contributed by atoms with van der Waals surface area (Å²) in [6, 6.07) is 5.00. The van der Waals surface area contributed by atoms with Crippen molar-refractivity contribution in [3.8, 4) is 22.5 Å². The fourth-order valence-electron chi connectivity index (χ4n) is 4.69. The first-order valence-corrected chi connectivity index (χ1v) is 12.0. The number of hydrogen-bond acceptors (Lipinski definition) is 6. The van der Waals surface area contributed by atoms with Gasteiger partial charge in [0.05, 0.1) is 17.5 Å². The van der Waals surface area contributed by atoms with E-state index in [-0.39, 0.29) is 17.9 Å². The molecule has 1 N–H and O–H groups in total. The molecule has 0 spiro atoms. The lowest BCUT2D eigenvalue weighted by Crippen LogP contribution is -2.39. The van der Waals surface area contributed by atoms with Gasteiger partial charge in [-0.2, -0.15) is 23.4 Å². The number of halogens is 3. The van der Waals surface area contributed by atoms with Crippen LogP contribution in [-0.2, 0) is 18.0 Å². The zero-order valence-electron chi connectivity index (χ0n) is 20.9. The molecule has 1 amide bonds. The molecule has 0 unspecified atom stereocenters. The summed E-state index contributed by atoms with van der Waals surface area (Å²) < 4.78 is 42.7. The maximum Gasteiger partial charge on any atom is 0.416 e. The third kappa shape index (κ3) is 4.51. The van der Waals surface area contributed by atoms with Crippen LogP contribution in [0.3, 0.4) is 0 Å². The molecule has 194 valence electrons. The van der Waals surface area contributed by atoms with E-state index in [9.17, 15) is 18.0 Å². The number of fused-ring (bicyclic) bond motifs is 1. The monoisotopic (exact) mass is 512 g/mol. The SMILES string of the molecule is Cc1nc(-c2cnn(C)c2-c2ccc(C(F)(F)F)cc2)c2c(N3CC[C@H](NC(=O)C(C)C)C3)ncnn12. The predicted molar refractivity (Wildman–Crippen MR) is 132 cm³/mol. The van der Waals surface area contributed by atoms with E-state index in [1.807, 2.05) is 20.8 Å². The quantitative estimate of drug-likeness (QED) is 0.437. The number of benzene rings is 1. The van der Waals surface area contributed by atoms with Crippen molar-refractivity contribution in [1.29, 1.82) is 0 Å². The van der Waals surface area contributed by atoms with Crippen molar-refractivity contribution in [2.75, 3.05) is 18.0 Å². The number of carbonyl (C=O) groups excluding carboxylic acids is 1. The maximum atomic E-state index is 13.1. The molecule has 3 aromatic heterocycles. The lowest BCUT2D eigenvalue weighted by Gasteiger charge is -2.19. The van der Waals surface area contributed by atoms with Crippen molar-refractivity contribution in [2.24, 2.45) is 13.0 Å². The molecule has 1 aliphatic rings. The van der Waals surface area contributed by atoms with E-state index < -0.39 is 11.7 Å².